The largest absolute Gasteiger partial charge is 0.282 e. The first-order chi connectivity index (χ1) is 8.68. The lowest BCUT2D eigenvalue weighted by molar-refractivity contribution is -0.107. The number of allylic oxidation sites excluding steroid dienone is 1. The van der Waals surface area contributed by atoms with Gasteiger partial charge in [-0.05, 0) is 25.3 Å². The molecule has 0 bridgehead atoms. The van der Waals surface area contributed by atoms with Gasteiger partial charge in [-0.1, -0.05) is 70.8 Å². The first-order valence-corrected chi connectivity index (χ1v) is 8.03. The van der Waals surface area contributed by atoms with Crippen LogP contribution in [0, 0.1) is 0 Å². The van der Waals surface area contributed by atoms with Gasteiger partial charge in [-0.15, -0.1) is 12.6 Å². The Bertz CT molecular complexity index is 233. The molecule has 0 saturated heterocycles. The minimum Gasteiger partial charge on any atom is -0.282 e. The molecule has 0 radical (unpaired) electrons. The van der Waals surface area contributed by atoms with Crippen molar-refractivity contribution in [3.63, 3.8) is 0 Å². The number of unbranched alkanes of at least 4 members (excludes halogenated alkanes) is 10. The molecule has 0 aromatic carbocycles. The standard InChI is InChI=1S/C16H30OS/c1-3-4-5-6-7-8-9-10-11-12-13-14-15(2)16(17)18/h14H,3-13H2,1-2H3,(H,17,18). The van der Waals surface area contributed by atoms with E-state index < -0.39 is 0 Å². The van der Waals surface area contributed by atoms with Gasteiger partial charge in [-0.25, -0.2) is 0 Å². The van der Waals surface area contributed by atoms with Crippen molar-refractivity contribution in [2.45, 2.75) is 84.5 Å². The fourth-order valence-electron chi connectivity index (χ4n) is 2.04. The molecule has 0 unspecified atom stereocenters. The van der Waals surface area contributed by atoms with Crippen LogP contribution in [0.25, 0.3) is 0 Å². The summed E-state index contributed by atoms with van der Waals surface area (Å²) in [6, 6.07) is 0. The van der Waals surface area contributed by atoms with Crippen molar-refractivity contribution >= 4 is 17.7 Å². The van der Waals surface area contributed by atoms with Gasteiger partial charge in [0.15, 0.2) is 0 Å². The molecule has 0 spiro atoms. The van der Waals surface area contributed by atoms with Crippen LogP contribution in [-0.4, -0.2) is 5.12 Å². The number of thiol groups is 1. The Hall–Kier alpha value is -0.240. The van der Waals surface area contributed by atoms with E-state index in [0.29, 0.717) is 0 Å². The van der Waals surface area contributed by atoms with E-state index in [4.69, 9.17) is 0 Å². The zero-order valence-corrected chi connectivity index (χ0v) is 13.1. The van der Waals surface area contributed by atoms with Gasteiger partial charge in [0.2, 0.25) is 5.12 Å². The molecule has 1 nitrogen and oxygen atoms in total. The van der Waals surface area contributed by atoms with E-state index in [2.05, 4.69) is 19.6 Å². The van der Waals surface area contributed by atoms with Crippen LogP contribution in [0.4, 0.5) is 0 Å². The molecule has 2 heteroatoms. The lowest BCUT2D eigenvalue weighted by atomic mass is 10.1. The van der Waals surface area contributed by atoms with Crippen molar-refractivity contribution in [1.29, 1.82) is 0 Å². The number of hydrogen-bond acceptors (Lipinski definition) is 1. The highest BCUT2D eigenvalue weighted by molar-refractivity contribution is 7.97. The molecule has 18 heavy (non-hydrogen) atoms. The van der Waals surface area contributed by atoms with E-state index in [1.807, 2.05) is 13.0 Å². The van der Waals surface area contributed by atoms with Gasteiger partial charge in [0.25, 0.3) is 0 Å². The van der Waals surface area contributed by atoms with Crippen LogP contribution >= 0.6 is 12.6 Å². The number of rotatable bonds is 12. The summed E-state index contributed by atoms with van der Waals surface area (Å²) in [5, 5.41) is -0.0953. The molecule has 0 N–H and O–H groups in total. The lowest BCUT2D eigenvalue weighted by Crippen LogP contribution is -1.87. The molecule has 0 aliphatic rings. The highest BCUT2D eigenvalue weighted by atomic mass is 32.1. The summed E-state index contributed by atoms with van der Waals surface area (Å²) in [7, 11) is 0. The van der Waals surface area contributed by atoms with E-state index in [1.54, 1.807) is 0 Å². The van der Waals surface area contributed by atoms with Crippen molar-refractivity contribution in [2.75, 3.05) is 0 Å². The Morgan fingerprint density at radius 3 is 1.78 bits per heavy atom. The van der Waals surface area contributed by atoms with Crippen LogP contribution in [0.5, 0.6) is 0 Å². The van der Waals surface area contributed by atoms with Gasteiger partial charge in [0.05, 0.1) is 0 Å². The Balaban J connectivity index is 3.17. The zero-order valence-electron chi connectivity index (χ0n) is 12.2. The predicted octanol–water partition coefficient (Wildman–Crippen LogP) is 5.70. The molecule has 0 atom stereocenters. The molecule has 106 valence electrons. The van der Waals surface area contributed by atoms with Crippen LogP contribution < -0.4 is 0 Å². The van der Waals surface area contributed by atoms with Gasteiger partial charge in [0.1, 0.15) is 0 Å². The van der Waals surface area contributed by atoms with E-state index in [1.165, 1.54) is 64.2 Å². The minimum absolute atomic E-state index is 0.0953. The SMILES string of the molecule is CCCCCCCCCCCCC=C(C)C(=O)S. The van der Waals surface area contributed by atoms with E-state index >= 15 is 0 Å². The molecule has 0 rings (SSSR count). The Morgan fingerprint density at radius 1 is 0.889 bits per heavy atom. The summed E-state index contributed by atoms with van der Waals surface area (Å²) in [6.45, 7) is 4.10. The molecule has 0 amide bonds. The summed E-state index contributed by atoms with van der Waals surface area (Å²) < 4.78 is 0. The first-order valence-electron chi connectivity index (χ1n) is 7.58. The zero-order chi connectivity index (χ0) is 13.6. The van der Waals surface area contributed by atoms with Crippen LogP contribution in [0.1, 0.15) is 84.5 Å². The maximum absolute atomic E-state index is 10.9. The summed E-state index contributed by atoms with van der Waals surface area (Å²) in [5.41, 5.74) is 0.786. The number of hydrogen-bond donors (Lipinski definition) is 1. The van der Waals surface area contributed by atoms with Crippen LogP contribution in [-0.2, 0) is 4.79 Å². The van der Waals surface area contributed by atoms with Gasteiger partial charge in [-0.3, -0.25) is 4.79 Å². The first kappa shape index (κ1) is 17.8. The molecule has 0 aromatic rings. The second-order valence-electron chi connectivity index (χ2n) is 5.16. The molecular formula is C16H30OS. The van der Waals surface area contributed by atoms with Crippen molar-refractivity contribution in [1.82, 2.24) is 0 Å². The molecule has 0 aliphatic heterocycles. The molecule has 0 fully saturated rings. The van der Waals surface area contributed by atoms with E-state index in [-0.39, 0.29) is 5.12 Å². The van der Waals surface area contributed by atoms with Crippen LogP contribution in [0.3, 0.4) is 0 Å². The Kier molecular flexibility index (Phi) is 13.0. The van der Waals surface area contributed by atoms with Gasteiger partial charge < -0.3 is 0 Å². The topological polar surface area (TPSA) is 17.1 Å². The smallest absolute Gasteiger partial charge is 0.211 e. The third kappa shape index (κ3) is 12.2. The van der Waals surface area contributed by atoms with Crippen molar-refractivity contribution in [3.8, 4) is 0 Å². The third-order valence-corrected chi connectivity index (χ3v) is 3.70. The maximum atomic E-state index is 10.9. The number of carbonyl (C=O) groups is 1. The number of carbonyl (C=O) groups excluding carboxylic acids is 1. The molecule has 0 saturated carbocycles. The Morgan fingerprint density at radius 2 is 1.33 bits per heavy atom. The van der Waals surface area contributed by atoms with Crippen molar-refractivity contribution in [3.05, 3.63) is 11.6 Å². The highest BCUT2D eigenvalue weighted by Crippen LogP contribution is 2.12. The van der Waals surface area contributed by atoms with E-state index in [0.717, 1.165) is 12.0 Å². The minimum atomic E-state index is -0.0953. The fraction of sp³-hybridized carbons (Fsp3) is 0.812. The maximum Gasteiger partial charge on any atom is 0.211 e. The predicted molar refractivity (Wildman–Crippen MR) is 84.2 cm³/mol. The quantitative estimate of drug-likeness (QED) is 0.273. The van der Waals surface area contributed by atoms with Gasteiger partial charge in [-0.2, -0.15) is 0 Å². The monoisotopic (exact) mass is 270 g/mol. The fourth-order valence-corrected chi connectivity index (χ4v) is 2.13. The summed E-state index contributed by atoms with van der Waals surface area (Å²) in [4.78, 5) is 10.9. The average molecular weight is 270 g/mol. The normalized spacial score (nSPS) is 11.8. The van der Waals surface area contributed by atoms with E-state index in [9.17, 15) is 4.79 Å². The summed E-state index contributed by atoms with van der Waals surface area (Å²) >= 11 is 3.79. The molecule has 0 aliphatic carbocycles. The average Bonchev–Trinajstić information content (AvgIpc) is 2.35. The van der Waals surface area contributed by atoms with Gasteiger partial charge >= 0.3 is 0 Å². The second-order valence-corrected chi connectivity index (χ2v) is 5.57. The molecule has 0 heterocycles. The van der Waals surface area contributed by atoms with Crippen LogP contribution in [0.2, 0.25) is 0 Å². The molecular weight excluding hydrogens is 240 g/mol. The lowest BCUT2D eigenvalue weighted by Gasteiger charge is -2.01. The van der Waals surface area contributed by atoms with Crippen molar-refractivity contribution < 1.29 is 4.79 Å². The third-order valence-electron chi connectivity index (χ3n) is 3.35. The van der Waals surface area contributed by atoms with Crippen LogP contribution in [0.15, 0.2) is 11.6 Å². The molecule has 0 aromatic heterocycles. The van der Waals surface area contributed by atoms with Gasteiger partial charge in [0, 0.05) is 0 Å². The Labute approximate surface area is 119 Å². The summed E-state index contributed by atoms with van der Waals surface area (Å²) in [5.74, 6) is 0. The highest BCUT2D eigenvalue weighted by Gasteiger charge is 1.96. The second kappa shape index (κ2) is 13.2. The van der Waals surface area contributed by atoms with Crippen molar-refractivity contribution in [2.24, 2.45) is 0 Å². The summed E-state index contributed by atoms with van der Waals surface area (Å²) in [6.07, 6.45) is 16.6.